The Morgan fingerprint density at radius 1 is 1.12 bits per heavy atom. The molecule has 1 aliphatic heterocycles. The average Bonchev–Trinajstić information content (AvgIpc) is 2.97. The number of aryl methyl sites for hydroxylation is 1. The van der Waals surface area contributed by atoms with Crippen LogP contribution in [0.5, 0.6) is 0 Å². The van der Waals surface area contributed by atoms with Gasteiger partial charge in [0.1, 0.15) is 11.3 Å². The van der Waals surface area contributed by atoms with Gasteiger partial charge in [-0.25, -0.2) is 9.69 Å². The number of urea groups is 1. The van der Waals surface area contributed by atoms with E-state index in [0.29, 0.717) is 15.2 Å². The summed E-state index contributed by atoms with van der Waals surface area (Å²) in [6.45, 7) is 2.01. The number of benzene rings is 1. The van der Waals surface area contributed by atoms with E-state index in [2.05, 4.69) is 5.32 Å². The summed E-state index contributed by atoms with van der Waals surface area (Å²) in [6, 6.07) is 9.63. The third-order valence-corrected chi connectivity index (χ3v) is 4.16. The van der Waals surface area contributed by atoms with Gasteiger partial charge in [-0.05, 0) is 64.9 Å². The molecule has 0 unspecified atom stereocenters. The summed E-state index contributed by atoms with van der Waals surface area (Å²) in [6.07, 6.45) is 2.18. The molecule has 1 aromatic carbocycles. The van der Waals surface area contributed by atoms with Crippen molar-refractivity contribution < 1.29 is 18.8 Å². The number of rotatable bonds is 3. The lowest BCUT2D eigenvalue weighted by Crippen LogP contribution is -2.54. The molecule has 4 amide bonds. The number of hydrogen-bond acceptors (Lipinski definition) is 4. The van der Waals surface area contributed by atoms with Crippen molar-refractivity contribution in [2.24, 2.45) is 0 Å². The lowest BCUT2D eigenvalue weighted by Gasteiger charge is -2.26. The quantitative estimate of drug-likeness (QED) is 0.456. The lowest BCUT2D eigenvalue weighted by atomic mass is 10.1. The number of nitrogens with one attached hydrogen (secondary N) is 1. The van der Waals surface area contributed by atoms with Gasteiger partial charge >= 0.3 is 6.03 Å². The van der Waals surface area contributed by atoms with Gasteiger partial charge in [0.15, 0.2) is 3.77 Å². The number of imide groups is 2. The number of furan rings is 1. The first-order chi connectivity index (χ1) is 11.5. The van der Waals surface area contributed by atoms with Crippen molar-refractivity contribution in [3.63, 3.8) is 0 Å². The topological polar surface area (TPSA) is 79.6 Å². The Morgan fingerprint density at radius 3 is 2.42 bits per heavy atom. The molecule has 2 aromatic rings. The molecule has 7 heteroatoms. The van der Waals surface area contributed by atoms with Crippen LogP contribution in [0, 0.1) is 3.77 Å². The molecule has 2 heterocycles. The molecule has 0 atom stereocenters. The van der Waals surface area contributed by atoms with Gasteiger partial charge in [-0.3, -0.25) is 14.9 Å². The maximum absolute atomic E-state index is 12.6. The van der Waals surface area contributed by atoms with E-state index in [4.69, 9.17) is 4.42 Å². The standard InChI is InChI=1S/C17H13IN2O4/c1-2-10-3-5-11(6-4-10)20-16(22)13(15(21)19-17(20)23)9-12-7-8-14(18)24-12/h3-9H,2H2,1H3,(H,19,21,23)/b13-9+. The maximum atomic E-state index is 12.6. The molecule has 3 rings (SSSR count). The minimum Gasteiger partial charge on any atom is -0.451 e. The number of carbonyl (C=O) groups is 3. The largest absolute Gasteiger partial charge is 0.451 e. The summed E-state index contributed by atoms with van der Waals surface area (Å²) in [5.41, 5.74) is 1.34. The van der Waals surface area contributed by atoms with Crippen LogP contribution < -0.4 is 10.2 Å². The Kier molecular flexibility index (Phi) is 4.52. The van der Waals surface area contributed by atoms with Gasteiger partial charge in [0.25, 0.3) is 11.8 Å². The normalized spacial score (nSPS) is 16.7. The zero-order valence-corrected chi connectivity index (χ0v) is 14.9. The van der Waals surface area contributed by atoms with Crippen molar-refractivity contribution >= 4 is 52.2 Å². The molecule has 1 fully saturated rings. The van der Waals surface area contributed by atoms with Crippen LogP contribution in [0.2, 0.25) is 0 Å². The minimum atomic E-state index is -0.763. The maximum Gasteiger partial charge on any atom is 0.335 e. The highest BCUT2D eigenvalue weighted by Gasteiger charge is 2.36. The zero-order valence-electron chi connectivity index (χ0n) is 12.7. The minimum absolute atomic E-state index is 0.153. The summed E-state index contributed by atoms with van der Waals surface area (Å²) in [5, 5.41) is 2.18. The SMILES string of the molecule is CCc1ccc(N2C(=O)NC(=O)/C(=C\c3ccc(I)o3)C2=O)cc1. The highest BCUT2D eigenvalue weighted by molar-refractivity contribution is 14.1. The van der Waals surface area contributed by atoms with Crippen LogP contribution in [0.3, 0.4) is 0 Å². The van der Waals surface area contributed by atoms with Gasteiger partial charge in [-0.15, -0.1) is 0 Å². The summed E-state index contributed by atoms with van der Waals surface area (Å²) in [4.78, 5) is 37.7. The van der Waals surface area contributed by atoms with Gasteiger partial charge in [0, 0.05) is 0 Å². The Bertz CT molecular complexity index is 852. The second-order valence-electron chi connectivity index (χ2n) is 5.12. The van der Waals surface area contributed by atoms with Crippen molar-refractivity contribution in [3.8, 4) is 0 Å². The van der Waals surface area contributed by atoms with E-state index >= 15 is 0 Å². The highest BCUT2D eigenvalue weighted by atomic mass is 127. The molecule has 1 N–H and O–H groups in total. The fraction of sp³-hybridized carbons (Fsp3) is 0.118. The first-order valence-corrected chi connectivity index (χ1v) is 8.33. The van der Waals surface area contributed by atoms with Gasteiger partial charge in [0.05, 0.1) is 5.69 Å². The van der Waals surface area contributed by atoms with E-state index in [-0.39, 0.29) is 5.57 Å². The van der Waals surface area contributed by atoms with Crippen molar-refractivity contribution in [1.29, 1.82) is 0 Å². The molecule has 122 valence electrons. The van der Waals surface area contributed by atoms with E-state index in [1.807, 2.05) is 41.6 Å². The molecule has 1 aliphatic rings. The monoisotopic (exact) mass is 436 g/mol. The molecular weight excluding hydrogens is 423 g/mol. The molecule has 0 spiro atoms. The Hall–Kier alpha value is -2.42. The van der Waals surface area contributed by atoms with Gasteiger partial charge < -0.3 is 4.42 Å². The highest BCUT2D eigenvalue weighted by Crippen LogP contribution is 2.23. The first kappa shape index (κ1) is 16.4. The second kappa shape index (κ2) is 6.60. The summed E-state index contributed by atoms with van der Waals surface area (Å²) >= 11 is 1.98. The third-order valence-electron chi connectivity index (χ3n) is 3.59. The predicted octanol–water partition coefficient (Wildman–Crippen LogP) is 3.11. The second-order valence-corrected chi connectivity index (χ2v) is 6.18. The van der Waals surface area contributed by atoms with Crippen LogP contribution in [0.1, 0.15) is 18.2 Å². The van der Waals surface area contributed by atoms with Crippen molar-refractivity contribution in [1.82, 2.24) is 5.32 Å². The van der Waals surface area contributed by atoms with E-state index in [9.17, 15) is 14.4 Å². The summed E-state index contributed by atoms with van der Waals surface area (Å²) in [7, 11) is 0. The van der Waals surface area contributed by atoms with Crippen LogP contribution in [0.15, 0.2) is 46.4 Å². The number of anilines is 1. The average molecular weight is 436 g/mol. The number of hydrogen-bond donors (Lipinski definition) is 1. The molecular formula is C17H13IN2O4. The number of barbiturate groups is 1. The van der Waals surface area contributed by atoms with E-state index < -0.39 is 17.8 Å². The molecule has 0 aliphatic carbocycles. The smallest absolute Gasteiger partial charge is 0.335 e. The summed E-state index contributed by atoms with van der Waals surface area (Å²) in [5.74, 6) is -1.05. The molecule has 1 aromatic heterocycles. The van der Waals surface area contributed by atoms with E-state index in [1.165, 1.54) is 6.08 Å². The van der Waals surface area contributed by atoms with Gasteiger partial charge in [-0.2, -0.15) is 0 Å². The van der Waals surface area contributed by atoms with Crippen LogP contribution >= 0.6 is 22.6 Å². The first-order valence-electron chi connectivity index (χ1n) is 7.25. The molecule has 1 saturated heterocycles. The zero-order chi connectivity index (χ0) is 17.3. The fourth-order valence-corrected chi connectivity index (χ4v) is 2.75. The predicted molar refractivity (Wildman–Crippen MR) is 96.2 cm³/mol. The van der Waals surface area contributed by atoms with Crippen LogP contribution in [0.4, 0.5) is 10.5 Å². The Labute approximate surface area is 151 Å². The molecule has 24 heavy (non-hydrogen) atoms. The van der Waals surface area contributed by atoms with Gasteiger partial charge in [0.2, 0.25) is 0 Å². The van der Waals surface area contributed by atoms with Crippen LogP contribution in [-0.2, 0) is 16.0 Å². The lowest BCUT2D eigenvalue weighted by molar-refractivity contribution is -0.122. The van der Waals surface area contributed by atoms with Crippen molar-refractivity contribution in [2.75, 3.05) is 4.90 Å². The number of halogens is 1. The van der Waals surface area contributed by atoms with E-state index in [1.54, 1.807) is 24.3 Å². The fourth-order valence-electron chi connectivity index (χ4n) is 2.32. The van der Waals surface area contributed by atoms with Gasteiger partial charge in [-0.1, -0.05) is 19.1 Å². The van der Waals surface area contributed by atoms with Crippen molar-refractivity contribution in [3.05, 3.63) is 57.1 Å². The van der Waals surface area contributed by atoms with Crippen LogP contribution in [0.25, 0.3) is 6.08 Å². The Balaban J connectivity index is 1.97. The Morgan fingerprint density at radius 2 is 1.83 bits per heavy atom. The number of amides is 4. The van der Waals surface area contributed by atoms with E-state index in [0.717, 1.165) is 16.9 Å². The number of carbonyl (C=O) groups excluding carboxylic acids is 3. The number of nitrogens with zero attached hydrogens (tertiary/aromatic N) is 1. The molecule has 0 bridgehead atoms. The molecule has 0 saturated carbocycles. The third kappa shape index (κ3) is 3.12. The van der Waals surface area contributed by atoms with Crippen LogP contribution in [-0.4, -0.2) is 17.8 Å². The summed E-state index contributed by atoms with van der Waals surface area (Å²) < 4.78 is 5.99. The molecule has 0 radical (unpaired) electrons. The molecule has 6 nitrogen and oxygen atoms in total. The van der Waals surface area contributed by atoms with Crippen molar-refractivity contribution in [2.45, 2.75) is 13.3 Å².